The van der Waals surface area contributed by atoms with E-state index in [1.54, 1.807) is 30.3 Å². The van der Waals surface area contributed by atoms with Crippen molar-refractivity contribution in [2.45, 2.75) is 0 Å². The molecular weight excluding hydrogens is 341 g/mol. The van der Waals surface area contributed by atoms with Gasteiger partial charge in [0.1, 0.15) is 5.82 Å². The Morgan fingerprint density at radius 2 is 1.67 bits per heavy atom. The van der Waals surface area contributed by atoms with Gasteiger partial charge in [-0.25, -0.2) is 9.18 Å². The summed E-state index contributed by atoms with van der Waals surface area (Å²) in [6.07, 6.45) is 5.57. The minimum absolute atomic E-state index is 0.222. The highest BCUT2D eigenvalue weighted by atomic mass is 19.1. The summed E-state index contributed by atoms with van der Waals surface area (Å²) >= 11 is 0. The van der Waals surface area contributed by atoms with Crippen molar-refractivity contribution >= 4 is 29.0 Å². The Morgan fingerprint density at radius 1 is 0.889 bits per heavy atom. The maximum absolute atomic E-state index is 13.2. The lowest BCUT2D eigenvalue weighted by molar-refractivity contribution is 0.0696. The quantitative estimate of drug-likeness (QED) is 0.451. The Balaban J connectivity index is 1.73. The fourth-order valence-corrected chi connectivity index (χ4v) is 3.08. The SMILES string of the molecule is O=C(O)c1ccc(-c2ccc(F)cc2)cc1C=Cc1ccc2[nH]ccc2c1. The number of carboxylic acids is 1. The van der Waals surface area contributed by atoms with Gasteiger partial charge >= 0.3 is 5.97 Å². The van der Waals surface area contributed by atoms with E-state index in [4.69, 9.17) is 0 Å². The van der Waals surface area contributed by atoms with Crippen LogP contribution < -0.4 is 0 Å². The van der Waals surface area contributed by atoms with Crippen molar-refractivity contribution in [3.05, 3.63) is 95.4 Å². The van der Waals surface area contributed by atoms with Crippen molar-refractivity contribution in [3.63, 3.8) is 0 Å². The number of hydrogen-bond acceptors (Lipinski definition) is 1. The topological polar surface area (TPSA) is 53.1 Å². The molecule has 2 N–H and O–H groups in total. The summed E-state index contributed by atoms with van der Waals surface area (Å²) < 4.78 is 13.2. The van der Waals surface area contributed by atoms with Gasteiger partial charge in [0, 0.05) is 11.7 Å². The standard InChI is InChI=1S/C23H16FNO2/c24-20-7-4-16(5-8-20)17-6-9-21(23(26)27)18(14-17)3-1-15-2-10-22-19(13-15)11-12-25-22/h1-14,25H,(H,26,27). The molecule has 0 saturated heterocycles. The van der Waals surface area contributed by atoms with Crippen LogP contribution in [0, 0.1) is 5.82 Å². The Kier molecular flexibility index (Phi) is 4.30. The number of halogens is 1. The summed E-state index contributed by atoms with van der Waals surface area (Å²) in [6, 6.07) is 19.2. The van der Waals surface area contributed by atoms with Gasteiger partial charge in [-0.05, 0) is 70.1 Å². The number of hydrogen-bond donors (Lipinski definition) is 2. The van der Waals surface area contributed by atoms with Crippen LogP contribution in [0.2, 0.25) is 0 Å². The Labute approximate surface area is 155 Å². The molecular formula is C23H16FNO2. The highest BCUT2D eigenvalue weighted by Gasteiger charge is 2.10. The molecule has 0 saturated carbocycles. The molecule has 4 rings (SSSR count). The minimum Gasteiger partial charge on any atom is -0.478 e. The average molecular weight is 357 g/mol. The summed E-state index contributed by atoms with van der Waals surface area (Å²) in [7, 11) is 0. The summed E-state index contributed by atoms with van der Waals surface area (Å²) in [4.78, 5) is 14.7. The van der Waals surface area contributed by atoms with E-state index in [0.717, 1.165) is 27.6 Å². The number of aromatic nitrogens is 1. The lowest BCUT2D eigenvalue weighted by Gasteiger charge is -2.07. The molecule has 0 fully saturated rings. The highest BCUT2D eigenvalue weighted by molar-refractivity contribution is 5.95. The van der Waals surface area contributed by atoms with Gasteiger partial charge in [-0.3, -0.25) is 0 Å². The smallest absolute Gasteiger partial charge is 0.336 e. The molecule has 0 aliphatic heterocycles. The van der Waals surface area contributed by atoms with Crippen LogP contribution in [0.15, 0.2) is 72.9 Å². The van der Waals surface area contributed by atoms with Gasteiger partial charge in [-0.2, -0.15) is 0 Å². The van der Waals surface area contributed by atoms with Gasteiger partial charge in [-0.1, -0.05) is 36.4 Å². The number of nitrogens with one attached hydrogen (secondary N) is 1. The van der Waals surface area contributed by atoms with E-state index in [2.05, 4.69) is 4.98 Å². The number of H-pyrrole nitrogens is 1. The number of rotatable bonds is 4. The molecule has 1 aromatic heterocycles. The van der Waals surface area contributed by atoms with Crippen LogP contribution in [0.4, 0.5) is 4.39 Å². The second-order valence-electron chi connectivity index (χ2n) is 6.27. The van der Waals surface area contributed by atoms with E-state index >= 15 is 0 Å². The lowest BCUT2D eigenvalue weighted by atomic mass is 9.98. The van der Waals surface area contributed by atoms with Gasteiger partial charge in [0.05, 0.1) is 5.56 Å². The number of carbonyl (C=O) groups is 1. The number of aromatic carboxylic acids is 1. The first-order valence-electron chi connectivity index (χ1n) is 8.49. The van der Waals surface area contributed by atoms with Gasteiger partial charge in [0.15, 0.2) is 0 Å². The minimum atomic E-state index is -0.985. The number of carboxylic acid groups (broad SMARTS) is 1. The zero-order valence-corrected chi connectivity index (χ0v) is 14.3. The Bertz CT molecular complexity index is 1160. The molecule has 0 atom stereocenters. The van der Waals surface area contributed by atoms with Crippen LogP contribution in [0.1, 0.15) is 21.5 Å². The summed E-state index contributed by atoms with van der Waals surface area (Å²) in [5, 5.41) is 10.6. The molecule has 132 valence electrons. The van der Waals surface area contributed by atoms with Gasteiger partial charge in [0.2, 0.25) is 0 Å². The number of fused-ring (bicyclic) bond motifs is 1. The van der Waals surface area contributed by atoms with Gasteiger partial charge in [-0.15, -0.1) is 0 Å². The molecule has 0 spiro atoms. The van der Waals surface area contributed by atoms with Crippen LogP contribution in [-0.4, -0.2) is 16.1 Å². The van der Waals surface area contributed by atoms with E-state index in [9.17, 15) is 14.3 Å². The largest absolute Gasteiger partial charge is 0.478 e. The first kappa shape index (κ1) is 16.8. The predicted molar refractivity (Wildman–Crippen MR) is 106 cm³/mol. The fourth-order valence-electron chi connectivity index (χ4n) is 3.08. The third kappa shape index (κ3) is 3.51. The van der Waals surface area contributed by atoms with Gasteiger partial charge in [0.25, 0.3) is 0 Å². The molecule has 3 aromatic carbocycles. The second kappa shape index (κ2) is 6.92. The predicted octanol–water partition coefficient (Wildman–Crippen LogP) is 5.84. The van der Waals surface area contributed by atoms with Crippen LogP contribution >= 0.6 is 0 Å². The normalized spacial score (nSPS) is 11.3. The van der Waals surface area contributed by atoms with Crippen LogP contribution in [0.5, 0.6) is 0 Å². The summed E-state index contributed by atoms with van der Waals surface area (Å²) in [5.41, 5.74) is 4.51. The first-order valence-corrected chi connectivity index (χ1v) is 8.49. The van der Waals surface area contributed by atoms with Crippen molar-refractivity contribution in [2.75, 3.05) is 0 Å². The molecule has 0 amide bonds. The van der Waals surface area contributed by atoms with E-state index in [1.165, 1.54) is 12.1 Å². The molecule has 27 heavy (non-hydrogen) atoms. The first-order chi connectivity index (χ1) is 13.1. The molecule has 4 aromatic rings. The maximum Gasteiger partial charge on any atom is 0.336 e. The van der Waals surface area contributed by atoms with E-state index < -0.39 is 5.97 Å². The van der Waals surface area contributed by atoms with Crippen molar-refractivity contribution in [3.8, 4) is 11.1 Å². The molecule has 0 bridgehead atoms. The van der Waals surface area contributed by atoms with Crippen molar-refractivity contribution in [1.82, 2.24) is 4.98 Å². The molecule has 0 radical (unpaired) electrons. The maximum atomic E-state index is 13.2. The zero-order chi connectivity index (χ0) is 18.8. The van der Waals surface area contributed by atoms with Crippen molar-refractivity contribution in [2.24, 2.45) is 0 Å². The van der Waals surface area contributed by atoms with E-state index in [1.807, 2.05) is 42.6 Å². The number of benzene rings is 3. The van der Waals surface area contributed by atoms with E-state index in [-0.39, 0.29) is 11.4 Å². The van der Waals surface area contributed by atoms with Crippen LogP contribution in [0.25, 0.3) is 34.2 Å². The average Bonchev–Trinajstić information content (AvgIpc) is 3.14. The fraction of sp³-hybridized carbons (Fsp3) is 0. The molecule has 0 unspecified atom stereocenters. The number of aromatic amines is 1. The Morgan fingerprint density at radius 3 is 2.44 bits per heavy atom. The second-order valence-corrected chi connectivity index (χ2v) is 6.27. The summed E-state index contributed by atoms with van der Waals surface area (Å²) in [5.74, 6) is -1.29. The lowest BCUT2D eigenvalue weighted by Crippen LogP contribution is -1.99. The van der Waals surface area contributed by atoms with Crippen molar-refractivity contribution in [1.29, 1.82) is 0 Å². The molecule has 1 heterocycles. The summed E-state index contributed by atoms with van der Waals surface area (Å²) in [6.45, 7) is 0. The zero-order valence-electron chi connectivity index (χ0n) is 14.3. The van der Waals surface area contributed by atoms with Crippen LogP contribution in [0.3, 0.4) is 0 Å². The molecule has 4 heteroatoms. The molecule has 0 aliphatic carbocycles. The van der Waals surface area contributed by atoms with E-state index in [0.29, 0.717) is 5.56 Å². The molecule has 3 nitrogen and oxygen atoms in total. The van der Waals surface area contributed by atoms with Crippen LogP contribution in [-0.2, 0) is 0 Å². The monoisotopic (exact) mass is 357 g/mol. The van der Waals surface area contributed by atoms with Crippen molar-refractivity contribution < 1.29 is 14.3 Å². The molecule has 0 aliphatic rings. The van der Waals surface area contributed by atoms with Gasteiger partial charge < -0.3 is 10.1 Å². The third-order valence-electron chi connectivity index (χ3n) is 4.49. The third-order valence-corrected chi connectivity index (χ3v) is 4.49. The highest BCUT2D eigenvalue weighted by Crippen LogP contribution is 2.25. The Hall–Kier alpha value is -3.66.